The molecule has 0 saturated carbocycles. The van der Waals surface area contributed by atoms with Crippen LogP contribution in [0.1, 0.15) is 52.6 Å². The van der Waals surface area contributed by atoms with Crippen LogP contribution in [0.2, 0.25) is 0 Å². The van der Waals surface area contributed by atoms with E-state index in [1.54, 1.807) is 44.6 Å². The molecule has 2 N–H and O–H groups in total. The maximum absolute atomic E-state index is 12.6. The van der Waals surface area contributed by atoms with Crippen LogP contribution in [0, 0.1) is 0 Å². The van der Waals surface area contributed by atoms with Crippen LogP contribution in [0.5, 0.6) is 11.5 Å². The first-order chi connectivity index (χ1) is 15.7. The number of anilines is 1. The average Bonchev–Trinajstić information content (AvgIpc) is 2.82. The maximum atomic E-state index is 12.6. The summed E-state index contributed by atoms with van der Waals surface area (Å²) in [6.45, 7) is 6.79. The molecular formula is C27H30N2O4. The van der Waals surface area contributed by atoms with E-state index in [-0.39, 0.29) is 17.2 Å². The molecule has 0 saturated heterocycles. The van der Waals surface area contributed by atoms with E-state index in [1.807, 2.05) is 36.4 Å². The van der Waals surface area contributed by atoms with E-state index >= 15 is 0 Å². The highest BCUT2D eigenvalue weighted by Crippen LogP contribution is 2.30. The summed E-state index contributed by atoms with van der Waals surface area (Å²) in [5.74, 6) is 0.754. The molecule has 0 aliphatic rings. The first-order valence-corrected chi connectivity index (χ1v) is 10.7. The number of carbonyl (C=O) groups excluding carboxylic acids is 2. The van der Waals surface area contributed by atoms with Gasteiger partial charge in [-0.15, -0.1) is 0 Å². The fraction of sp³-hybridized carbons (Fsp3) is 0.259. The lowest BCUT2D eigenvalue weighted by atomic mass is 9.87. The first kappa shape index (κ1) is 23.9. The molecule has 0 bridgehead atoms. The Labute approximate surface area is 194 Å². The Morgan fingerprint density at radius 3 is 1.91 bits per heavy atom. The van der Waals surface area contributed by atoms with Crippen LogP contribution < -0.4 is 20.1 Å². The Hall–Kier alpha value is -3.80. The van der Waals surface area contributed by atoms with Crippen LogP contribution in [0.3, 0.4) is 0 Å². The van der Waals surface area contributed by atoms with Gasteiger partial charge in [0.25, 0.3) is 11.8 Å². The van der Waals surface area contributed by atoms with E-state index in [4.69, 9.17) is 9.47 Å². The summed E-state index contributed by atoms with van der Waals surface area (Å²) in [6.07, 6.45) is 0. The number of hydrogen-bond acceptors (Lipinski definition) is 4. The molecule has 6 heteroatoms. The molecule has 33 heavy (non-hydrogen) atoms. The van der Waals surface area contributed by atoms with E-state index in [2.05, 4.69) is 31.4 Å². The lowest BCUT2D eigenvalue weighted by molar-refractivity contribution is 0.0949. The minimum absolute atomic E-state index is 0.0441. The van der Waals surface area contributed by atoms with Crippen LogP contribution in [-0.2, 0) is 12.0 Å². The lowest BCUT2D eigenvalue weighted by Gasteiger charge is -2.19. The zero-order chi connectivity index (χ0) is 24.0. The molecule has 2 amide bonds. The van der Waals surface area contributed by atoms with Crippen molar-refractivity contribution in [3.8, 4) is 11.5 Å². The molecule has 0 aromatic heterocycles. The number of rotatable bonds is 7. The van der Waals surface area contributed by atoms with Crippen LogP contribution in [0.4, 0.5) is 5.69 Å². The summed E-state index contributed by atoms with van der Waals surface area (Å²) in [7, 11) is 3.10. The Morgan fingerprint density at radius 1 is 0.758 bits per heavy atom. The molecule has 172 valence electrons. The average molecular weight is 447 g/mol. The van der Waals surface area contributed by atoms with Crippen molar-refractivity contribution in [3.05, 3.63) is 89.0 Å². The van der Waals surface area contributed by atoms with Gasteiger partial charge in [-0.25, -0.2) is 0 Å². The zero-order valence-electron chi connectivity index (χ0n) is 19.7. The second-order valence-electron chi connectivity index (χ2n) is 8.73. The van der Waals surface area contributed by atoms with Gasteiger partial charge in [0.05, 0.1) is 14.2 Å². The second-order valence-corrected chi connectivity index (χ2v) is 8.73. The number of methoxy groups -OCH3 is 2. The van der Waals surface area contributed by atoms with Gasteiger partial charge in [0, 0.05) is 29.4 Å². The highest BCUT2D eigenvalue weighted by Gasteiger charge is 2.14. The SMILES string of the molecule is COc1ccc(NC(=O)c2ccc(CNC(=O)c3ccc(C(C)(C)C)cc3)cc2)cc1OC. The lowest BCUT2D eigenvalue weighted by Crippen LogP contribution is -2.23. The fourth-order valence-corrected chi connectivity index (χ4v) is 3.30. The Bertz CT molecular complexity index is 1110. The third-order valence-electron chi connectivity index (χ3n) is 5.32. The van der Waals surface area contributed by atoms with Gasteiger partial charge in [0.15, 0.2) is 11.5 Å². The summed E-state index contributed by atoms with van der Waals surface area (Å²) in [6, 6.07) is 20.0. The zero-order valence-corrected chi connectivity index (χ0v) is 19.7. The van der Waals surface area contributed by atoms with Crippen LogP contribution >= 0.6 is 0 Å². The van der Waals surface area contributed by atoms with Crippen molar-refractivity contribution in [3.63, 3.8) is 0 Å². The molecule has 6 nitrogen and oxygen atoms in total. The van der Waals surface area contributed by atoms with E-state index in [0.29, 0.717) is 34.9 Å². The number of amides is 2. The van der Waals surface area contributed by atoms with Crippen molar-refractivity contribution in [2.45, 2.75) is 32.7 Å². The highest BCUT2D eigenvalue weighted by atomic mass is 16.5. The molecule has 3 aromatic rings. The van der Waals surface area contributed by atoms with E-state index in [1.165, 1.54) is 5.56 Å². The molecule has 0 unspecified atom stereocenters. The number of benzene rings is 3. The molecule has 3 rings (SSSR count). The molecule has 0 fully saturated rings. The number of nitrogens with one attached hydrogen (secondary N) is 2. The Balaban J connectivity index is 1.57. The van der Waals surface area contributed by atoms with Crippen molar-refractivity contribution in [1.82, 2.24) is 5.32 Å². The van der Waals surface area contributed by atoms with E-state index in [9.17, 15) is 9.59 Å². The van der Waals surface area contributed by atoms with Crippen molar-refractivity contribution in [2.75, 3.05) is 19.5 Å². The molecule has 0 atom stereocenters. The molecule has 0 aliphatic carbocycles. The van der Waals surface area contributed by atoms with Gasteiger partial charge < -0.3 is 20.1 Å². The quantitative estimate of drug-likeness (QED) is 0.524. The number of hydrogen-bond donors (Lipinski definition) is 2. The van der Waals surface area contributed by atoms with Crippen LogP contribution in [0.15, 0.2) is 66.7 Å². The summed E-state index contributed by atoms with van der Waals surface area (Å²) in [4.78, 5) is 25.0. The molecule has 0 aliphatic heterocycles. The predicted molar refractivity (Wildman–Crippen MR) is 130 cm³/mol. The van der Waals surface area contributed by atoms with Crippen LogP contribution in [0.25, 0.3) is 0 Å². The maximum Gasteiger partial charge on any atom is 0.255 e. The fourth-order valence-electron chi connectivity index (χ4n) is 3.30. The van der Waals surface area contributed by atoms with Crippen molar-refractivity contribution in [1.29, 1.82) is 0 Å². The second kappa shape index (κ2) is 10.2. The van der Waals surface area contributed by atoms with Crippen molar-refractivity contribution < 1.29 is 19.1 Å². The third-order valence-corrected chi connectivity index (χ3v) is 5.32. The first-order valence-electron chi connectivity index (χ1n) is 10.7. The topological polar surface area (TPSA) is 76.7 Å². The summed E-state index contributed by atoms with van der Waals surface area (Å²) >= 11 is 0. The van der Waals surface area contributed by atoms with Crippen molar-refractivity contribution >= 4 is 17.5 Å². The summed E-state index contributed by atoms with van der Waals surface area (Å²) in [5.41, 5.74) is 3.86. The van der Waals surface area contributed by atoms with E-state index in [0.717, 1.165) is 5.56 Å². The van der Waals surface area contributed by atoms with Gasteiger partial charge in [0.1, 0.15) is 0 Å². The third kappa shape index (κ3) is 6.13. The number of carbonyl (C=O) groups is 2. The number of ether oxygens (including phenoxy) is 2. The smallest absolute Gasteiger partial charge is 0.255 e. The highest BCUT2D eigenvalue weighted by molar-refractivity contribution is 6.04. The van der Waals surface area contributed by atoms with Crippen LogP contribution in [-0.4, -0.2) is 26.0 Å². The van der Waals surface area contributed by atoms with Gasteiger partial charge >= 0.3 is 0 Å². The normalized spacial score (nSPS) is 10.9. The minimum Gasteiger partial charge on any atom is -0.493 e. The van der Waals surface area contributed by atoms with E-state index < -0.39 is 0 Å². The molecule has 0 spiro atoms. The predicted octanol–water partition coefficient (Wildman–Crippen LogP) is 5.18. The van der Waals surface area contributed by atoms with Gasteiger partial charge in [-0.1, -0.05) is 45.0 Å². The largest absolute Gasteiger partial charge is 0.493 e. The summed E-state index contributed by atoms with van der Waals surface area (Å²) in [5, 5.41) is 5.77. The molecule has 0 heterocycles. The van der Waals surface area contributed by atoms with Gasteiger partial charge in [0.2, 0.25) is 0 Å². The standard InChI is InChI=1S/C27H30N2O4/c1-27(2,3)21-12-10-19(11-13-21)25(30)28-17-18-6-8-20(9-7-18)26(31)29-22-14-15-23(32-4)24(16-22)33-5/h6-16H,17H2,1-5H3,(H,28,30)(H,29,31). The minimum atomic E-state index is -0.239. The van der Waals surface area contributed by atoms with Gasteiger partial charge in [-0.05, 0) is 52.9 Å². The Morgan fingerprint density at radius 2 is 1.33 bits per heavy atom. The Kier molecular flexibility index (Phi) is 7.38. The molecule has 3 aromatic carbocycles. The monoisotopic (exact) mass is 446 g/mol. The van der Waals surface area contributed by atoms with Gasteiger partial charge in [-0.2, -0.15) is 0 Å². The molecule has 0 radical (unpaired) electrons. The van der Waals surface area contributed by atoms with Gasteiger partial charge in [-0.3, -0.25) is 9.59 Å². The summed E-state index contributed by atoms with van der Waals surface area (Å²) < 4.78 is 10.5. The van der Waals surface area contributed by atoms with Crippen molar-refractivity contribution in [2.24, 2.45) is 0 Å². The molecular weight excluding hydrogens is 416 g/mol.